The van der Waals surface area contributed by atoms with E-state index in [-0.39, 0.29) is 6.61 Å². The molecule has 0 bridgehead atoms. The van der Waals surface area contributed by atoms with Crippen molar-refractivity contribution >= 4 is 0 Å². The Hall–Kier alpha value is -2.65. The summed E-state index contributed by atoms with van der Waals surface area (Å²) in [5, 5.41) is 9.38. The van der Waals surface area contributed by atoms with Crippen LogP contribution in [0.3, 0.4) is 0 Å². The number of nitrogens with zero attached hydrogens (tertiary/aromatic N) is 1. The van der Waals surface area contributed by atoms with Gasteiger partial charge in [0.2, 0.25) is 0 Å². The molecule has 0 aliphatic heterocycles. The predicted octanol–water partition coefficient (Wildman–Crippen LogP) is 3.82. The second-order valence-corrected chi connectivity index (χ2v) is 4.97. The molecule has 0 amide bonds. The van der Waals surface area contributed by atoms with E-state index in [9.17, 15) is 5.11 Å². The Kier molecular flexibility index (Phi) is 4.47. The first-order valence-electron chi connectivity index (χ1n) is 7.19. The van der Waals surface area contributed by atoms with Crippen LogP contribution in [0.15, 0.2) is 72.9 Å². The summed E-state index contributed by atoms with van der Waals surface area (Å²) in [5.41, 5.74) is 3.73. The molecule has 0 saturated heterocycles. The second-order valence-electron chi connectivity index (χ2n) is 4.97. The van der Waals surface area contributed by atoms with Gasteiger partial charge in [0.25, 0.3) is 0 Å². The van der Waals surface area contributed by atoms with Crippen LogP contribution in [0, 0.1) is 0 Å². The highest BCUT2D eigenvalue weighted by molar-refractivity contribution is 5.63. The van der Waals surface area contributed by atoms with Gasteiger partial charge in [-0.1, -0.05) is 36.4 Å². The SMILES string of the molecule is OCc1cccnc1-c1ccc(OCc2ccccc2)cc1. The third kappa shape index (κ3) is 3.32. The van der Waals surface area contributed by atoms with Crippen LogP contribution in [-0.4, -0.2) is 10.1 Å². The standard InChI is InChI=1S/C19H17NO2/c21-13-17-7-4-12-20-19(17)16-8-10-18(11-9-16)22-14-15-5-2-1-3-6-15/h1-12,21H,13-14H2. The molecule has 0 spiro atoms. The van der Waals surface area contributed by atoms with Crippen molar-refractivity contribution < 1.29 is 9.84 Å². The normalized spacial score (nSPS) is 10.4. The molecule has 0 fully saturated rings. The first-order chi connectivity index (χ1) is 10.9. The zero-order valence-electron chi connectivity index (χ0n) is 12.1. The molecule has 3 heteroatoms. The Morgan fingerprint density at radius 2 is 1.64 bits per heavy atom. The molecule has 0 atom stereocenters. The third-order valence-electron chi connectivity index (χ3n) is 3.44. The number of aromatic nitrogens is 1. The maximum atomic E-state index is 9.38. The highest BCUT2D eigenvalue weighted by Crippen LogP contribution is 2.24. The van der Waals surface area contributed by atoms with E-state index < -0.39 is 0 Å². The van der Waals surface area contributed by atoms with Crippen molar-refractivity contribution in [2.45, 2.75) is 13.2 Å². The van der Waals surface area contributed by atoms with Gasteiger partial charge in [-0.2, -0.15) is 0 Å². The summed E-state index contributed by atoms with van der Waals surface area (Å²) in [7, 11) is 0. The van der Waals surface area contributed by atoms with Gasteiger partial charge in [0, 0.05) is 17.3 Å². The van der Waals surface area contributed by atoms with Crippen molar-refractivity contribution in [1.82, 2.24) is 4.98 Å². The minimum absolute atomic E-state index is 0.0184. The van der Waals surface area contributed by atoms with Gasteiger partial charge < -0.3 is 9.84 Å². The molecular formula is C19H17NO2. The van der Waals surface area contributed by atoms with E-state index in [0.29, 0.717) is 6.61 Å². The molecule has 1 heterocycles. The fourth-order valence-electron chi connectivity index (χ4n) is 2.28. The number of aliphatic hydroxyl groups is 1. The van der Waals surface area contributed by atoms with Gasteiger partial charge in [-0.25, -0.2) is 0 Å². The maximum Gasteiger partial charge on any atom is 0.119 e. The van der Waals surface area contributed by atoms with E-state index in [1.165, 1.54) is 0 Å². The van der Waals surface area contributed by atoms with Gasteiger partial charge in [0.15, 0.2) is 0 Å². The Bertz CT molecular complexity index is 724. The number of hydrogen-bond acceptors (Lipinski definition) is 3. The molecule has 3 aromatic rings. The van der Waals surface area contributed by atoms with E-state index in [4.69, 9.17) is 4.74 Å². The summed E-state index contributed by atoms with van der Waals surface area (Å²) >= 11 is 0. The smallest absolute Gasteiger partial charge is 0.119 e. The number of ether oxygens (including phenoxy) is 1. The lowest BCUT2D eigenvalue weighted by molar-refractivity contribution is 0.282. The Morgan fingerprint density at radius 1 is 0.864 bits per heavy atom. The van der Waals surface area contributed by atoms with Gasteiger partial charge >= 0.3 is 0 Å². The minimum Gasteiger partial charge on any atom is -0.489 e. The third-order valence-corrected chi connectivity index (χ3v) is 3.44. The number of pyridine rings is 1. The van der Waals surface area contributed by atoms with Crippen LogP contribution in [-0.2, 0) is 13.2 Å². The molecular weight excluding hydrogens is 274 g/mol. The van der Waals surface area contributed by atoms with Gasteiger partial charge in [0.05, 0.1) is 12.3 Å². The first-order valence-corrected chi connectivity index (χ1v) is 7.19. The Balaban J connectivity index is 1.73. The summed E-state index contributed by atoms with van der Waals surface area (Å²) in [5.74, 6) is 0.814. The molecule has 0 saturated carbocycles. The molecule has 0 unspecified atom stereocenters. The molecule has 110 valence electrons. The van der Waals surface area contributed by atoms with Crippen molar-refractivity contribution in [3.05, 3.63) is 84.1 Å². The van der Waals surface area contributed by atoms with Crippen LogP contribution < -0.4 is 4.74 Å². The monoisotopic (exact) mass is 291 g/mol. The zero-order chi connectivity index (χ0) is 15.2. The summed E-state index contributed by atoms with van der Waals surface area (Å²) in [6.45, 7) is 0.529. The lowest BCUT2D eigenvalue weighted by Gasteiger charge is -2.09. The molecule has 2 aromatic carbocycles. The number of benzene rings is 2. The topological polar surface area (TPSA) is 42.4 Å². The lowest BCUT2D eigenvalue weighted by atomic mass is 10.1. The number of rotatable bonds is 5. The van der Waals surface area contributed by atoms with Crippen molar-refractivity contribution in [3.63, 3.8) is 0 Å². The Morgan fingerprint density at radius 3 is 2.36 bits per heavy atom. The molecule has 22 heavy (non-hydrogen) atoms. The molecule has 1 aromatic heterocycles. The minimum atomic E-state index is -0.0184. The van der Waals surface area contributed by atoms with E-state index in [1.807, 2.05) is 66.7 Å². The van der Waals surface area contributed by atoms with E-state index in [1.54, 1.807) is 6.20 Å². The summed E-state index contributed by atoms with van der Waals surface area (Å²) in [4.78, 5) is 4.34. The van der Waals surface area contributed by atoms with Gasteiger partial charge in [0.1, 0.15) is 12.4 Å². The highest BCUT2D eigenvalue weighted by atomic mass is 16.5. The van der Waals surface area contributed by atoms with Gasteiger partial charge in [-0.3, -0.25) is 4.98 Å². The van der Waals surface area contributed by atoms with E-state index in [0.717, 1.165) is 28.1 Å². The van der Waals surface area contributed by atoms with Crippen LogP contribution in [0.2, 0.25) is 0 Å². The fraction of sp³-hybridized carbons (Fsp3) is 0.105. The first kappa shape index (κ1) is 14.3. The van der Waals surface area contributed by atoms with Crippen molar-refractivity contribution in [2.75, 3.05) is 0 Å². The molecule has 3 rings (SSSR count). The molecule has 0 aliphatic rings. The van der Waals surface area contributed by atoms with Crippen LogP contribution in [0.25, 0.3) is 11.3 Å². The van der Waals surface area contributed by atoms with Crippen molar-refractivity contribution in [1.29, 1.82) is 0 Å². The van der Waals surface area contributed by atoms with Crippen LogP contribution >= 0.6 is 0 Å². The lowest BCUT2D eigenvalue weighted by Crippen LogP contribution is -1.95. The van der Waals surface area contributed by atoms with Crippen LogP contribution in [0.4, 0.5) is 0 Å². The van der Waals surface area contributed by atoms with E-state index >= 15 is 0 Å². The maximum absolute atomic E-state index is 9.38. The fourth-order valence-corrected chi connectivity index (χ4v) is 2.28. The van der Waals surface area contributed by atoms with Gasteiger partial charge in [-0.15, -0.1) is 0 Å². The van der Waals surface area contributed by atoms with Crippen molar-refractivity contribution in [3.8, 4) is 17.0 Å². The summed E-state index contributed by atoms with van der Waals surface area (Å²) in [6, 6.07) is 21.5. The highest BCUT2D eigenvalue weighted by Gasteiger charge is 2.05. The predicted molar refractivity (Wildman–Crippen MR) is 86.4 cm³/mol. The average Bonchev–Trinajstić information content (AvgIpc) is 2.61. The quantitative estimate of drug-likeness (QED) is 0.777. The molecule has 0 aliphatic carbocycles. The number of hydrogen-bond donors (Lipinski definition) is 1. The number of aliphatic hydroxyl groups excluding tert-OH is 1. The largest absolute Gasteiger partial charge is 0.489 e. The zero-order valence-corrected chi connectivity index (χ0v) is 12.1. The summed E-state index contributed by atoms with van der Waals surface area (Å²) in [6.07, 6.45) is 1.73. The summed E-state index contributed by atoms with van der Waals surface area (Å²) < 4.78 is 5.77. The second kappa shape index (κ2) is 6.87. The average molecular weight is 291 g/mol. The Labute approximate surface area is 129 Å². The van der Waals surface area contributed by atoms with Crippen LogP contribution in [0.5, 0.6) is 5.75 Å². The van der Waals surface area contributed by atoms with E-state index in [2.05, 4.69) is 4.98 Å². The van der Waals surface area contributed by atoms with Gasteiger partial charge in [-0.05, 0) is 35.9 Å². The van der Waals surface area contributed by atoms with Crippen LogP contribution in [0.1, 0.15) is 11.1 Å². The molecule has 1 N–H and O–H groups in total. The molecule has 0 radical (unpaired) electrons. The molecule has 3 nitrogen and oxygen atoms in total. The van der Waals surface area contributed by atoms with Crippen molar-refractivity contribution in [2.24, 2.45) is 0 Å².